The van der Waals surface area contributed by atoms with Gasteiger partial charge in [-0.05, 0) is 61.5 Å². The van der Waals surface area contributed by atoms with Crippen LogP contribution in [0.15, 0.2) is 10.7 Å². The van der Waals surface area contributed by atoms with E-state index in [0.717, 1.165) is 16.9 Å². The van der Waals surface area contributed by atoms with Crippen LogP contribution in [0.2, 0.25) is 0 Å². The minimum Gasteiger partial charge on any atom is -0.308 e. The van der Waals surface area contributed by atoms with Crippen molar-refractivity contribution in [3.05, 3.63) is 16.4 Å². The second kappa shape index (κ2) is 8.33. The minimum absolute atomic E-state index is 0.406. The zero-order valence-corrected chi connectivity index (χ0v) is 15.3. The summed E-state index contributed by atoms with van der Waals surface area (Å²) in [5.41, 5.74) is 1.35. The second-order valence-corrected chi connectivity index (χ2v) is 7.45. The van der Waals surface area contributed by atoms with Crippen LogP contribution in [0.5, 0.6) is 0 Å². The summed E-state index contributed by atoms with van der Waals surface area (Å²) in [7, 11) is 0. The summed E-state index contributed by atoms with van der Waals surface area (Å²) >= 11 is 3.74. The fourth-order valence-corrected chi connectivity index (χ4v) is 4.00. The molecule has 1 saturated carbocycles. The Labute approximate surface area is 138 Å². The van der Waals surface area contributed by atoms with Crippen molar-refractivity contribution in [2.24, 2.45) is 5.92 Å². The van der Waals surface area contributed by atoms with E-state index in [4.69, 9.17) is 0 Å². The van der Waals surface area contributed by atoms with Gasteiger partial charge in [0.15, 0.2) is 0 Å². The molecule has 0 radical (unpaired) electrons. The van der Waals surface area contributed by atoms with Crippen LogP contribution in [-0.2, 0) is 0 Å². The molecule has 1 aliphatic carbocycles. The van der Waals surface area contributed by atoms with Crippen LogP contribution in [0, 0.1) is 5.92 Å². The number of hydrogen-bond donors (Lipinski definition) is 1. The fraction of sp³-hybridized carbons (Fsp3) is 0.824. The summed E-state index contributed by atoms with van der Waals surface area (Å²) in [4.78, 5) is 0. The van der Waals surface area contributed by atoms with Gasteiger partial charge in [-0.15, -0.1) is 0 Å². The van der Waals surface area contributed by atoms with Crippen molar-refractivity contribution in [2.75, 3.05) is 6.54 Å². The van der Waals surface area contributed by atoms with Crippen LogP contribution in [-0.4, -0.2) is 16.3 Å². The molecule has 3 nitrogen and oxygen atoms in total. The molecule has 1 aromatic rings. The molecular weight excluding hydrogens is 326 g/mol. The second-order valence-electron chi connectivity index (χ2n) is 6.60. The molecule has 0 aromatic carbocycles. The lowest BCUT2D eigenvalue weighted by Gasteiger charge is -2.29. The van der Waals surface area contributed by atoms with E-state index in [2.05, 4.69) is 51.8 Å². The minimum atomic E-state index is 0.406. The first-order chi connectivity index (χ1) is 10.1. The van der Waals surface area contributed by atoms with Gasteiger partial charge in [0.25, 0.3) is 0 Å². The lowest BCUT2D eigenvalue weighted by Crippen LogP contribution is -2.31. The van der Waals surface area contributed by atoms with Gasteiger partial charge in [0, 0.05) is 6.04 Å². The van der Waals surface area contributed by atoms with E-state index >= 15 is 0 Å². The zero-order chi connectivity index (χ0) is 15.2. The SMILES string of the molecule is CCCNC(c1c(Br)cnn1C(C)C)C1CCCCCC1. The highest BCUT2D eigenvalue weighted by Crippen LogP contribution is 2.37. The molecule has 1 atom stereocenters. The molecule has 0 aliphatic heterocycles. The van der Waals surface area contributed by atoms with E-state index in [1.165, 1.54) is 50.6 Å². The monoisotopic (exact) mass is 355 g/mol. The predicted octanol–water partition coefficient (Wildman–Crippen LogP) is 5.24. The van der Waals surface area contributed by atoms with Crippen molar-refractivity contribution < 1.29 is 0 Å². The molecule has 0 saturated heterocycles. The molecule has 21 heavy (non-hydrogen) atoms. The van der Waals surface area contributed by atoms with E-state index in [9.17, 15) is 0 Å². The van der Waals surface area contributed by atoms with Gasteiger partial charge >= 0.3 is 0 Å². The van der Waals surface area contributed by atoms with E-state index in [-0.39, 0.29) is 0 Å². The number of halogens is 1. The Kier molecular flexibility index (Phi) is 6.74. The van der Waals surface area contributed by atoms with E-state index < -0.39 is 0 Å². The first-order valence-corrected chi connectivity index (χ1v) is 9.40. The summed E-state index contributed by atoms with van der Waals surface area (Å²) < 4.78 is 3.36. The van der Waals surface area contributed by atoms with Crippen molar-refractivity contribution in [3.8, 4) is 0 Å². The average Bonchev–Trinajstić information content (AvgIpc) is 2.68. The van der Waals surface area contributed by atoms with E-state index in [0.29, 0.717) is 12.1 Å². The van der Waals surface area contributed by atoms with Crippen LogP contribution >= 0.6 is 15.9 Å². The third-order valence-corrected chi connectivity index (χ3v) is 5.17. The fourth-order valence-electron chi connectivity index (χ4n) is 3.48. The number of nitrogens with zero attached hydrogens (tertiary/aromatic N) is 2. The van der Waals surface area contributed by atoms with Crippen molar-refractivity contribution >= 4 is 15.9 Å². The molecule has 1 unspecified atom stereocenters. The molecule has 2 rings (SSSR count). The molecular formula is C17H30BrN3. The van der Waals surface area contributed by atoms with Gasteiger partial charge in [0.2, 0.25) is 0 Å². The lowest BCUT2D eigenvalue weighted by molar-refractivity contribution is 0.303. The third kappa shape index (κ3) is 4.32. The Morgan fingerprint density at radius 3 is 2.52 bits per heavy atom. The Hall–Kier alpha value is -0.350. The number of hydrogen-bond acceptors (Lipinski definition) is 2. The molecule has 0 bridgehead atoms. The molecule has 1 heterocycles. The molecule has 1 aromatic heterocycles. The van der Waals surface area contributed by atoms with Gasteiger partial charge in [-0.1, -0.05) is 32.6 Å². The third-order valence-electron chi connectivity index (χ3n) is 4.56. The largest absolute Gasteiger partial charge is 0.308 e. The van der Waals surface area contributed by atoms with Crippen LogP contribution < -0.4 is 5.32 Å². The summed E-state index contributed by atoms with van der Waals surface area (Å²) in [6.07, 6.45) is 11.4. The lowest BCUT2D eigenvalue weighted by atomic mass is 9.89. The molecule has 120 valence electrons. The summed E-state index contributed by atoms with van der Waals surface area (Å²) in [5.74, 6) is 0.740. The Balaban J connectivity index is 2.28. The molecule has 1 fully saturated rings. The molecule has 1 N–H and O–H groups in total. The normalized spacial score (nSPS) is 18.9. The van der Waals surface area contributed by atoms with Crippen LogP contribution in [0.3, 0.4) is 0 Å². The van der Waals surface area contributed by atoms with Crippen LogP contribution in [0.25, 0.3) is 0 Å². The van der Waals surface area contributed by atoms with E-state index in [1.54, 1.807) is 0 Å². The van der Waals surface area contributed by atoms with Gasteiger partial charge < -0.3 is 5.32 Å². The first kappa shape index (κ1) is 17.0. The Morgan fingerprint density at radius 2 is 1.95 bits per heavy atom. The molecule has 0 amide bonds. The van der Waals surface area contributed by atoms with Gasteiger partial charge in [0.05, 0.1) is 22.4 Å². The summed E-state index contributed by atoms with van der Waals surface area (Å²) in [6, 6.07) is 0.838. The first-order valence-electron chi connectivity index (χ1n) is 8.61. The quantitative estimate of drug-likeness (QED) is 0.707. The topological polar surface area (TPSA) is 29.9 Å². The number of rotatable bonds is 6. The van der Waals surface area contributed by atoms with Crippen molar-refractivity contribution in [1.82, 2.24) is 15.1 Å². The summed E-state index contributed by atoms with van der Waals surface area (Å²) in [6.45, 7) is 7.75. The predicted molar refractivity (Wildman–Crippen MR) is 92.5 cm³/mol. The van der Waals surface area contributed by atoms with Gasteiger partial charge in [-0.3, -0.25) is 4.68 Å². The highest BCUT2D eigenvalue weighted by molar-refractivity contribution is 9.10. The van der Waals surface area contributed by atoms with Crippen molar-refractivity contribution in [3.63, 3.8) is 0 Å². The Morgan fingerprint density at radius 1 is 1.29 bits per heavy atom. The number of nitrogens with one attached hydrogen (secondary N) is 1. The molecule has 0 spiro atoms. The highest BCUT2D eigenvalue weighted by atomic mass is 79.9. The maximum atomic E-state index is 4.59. The summed E-state index contributed by atoms with van der Waals surface area (Å²) in [5, 5.41) is 8.41. The van der Waals surface area contributed by atoms with Gasteiger partial charge in [-0.2, -0.15) is 5.10 Å². The van der Waals surface area contributed by atoms with Crippen LogP contribution in [0.1, 0.15) is 83.5 Å². The smallest absolute Gasteiger partial charge is 0.0701 e. The maximum absolute atomic E-state index is 4.59. The highest BCUT2D eigenvalue weighted by Gasteiger charge is 2.29. The van der Waals surface area contributed by atoms with Crippen molar-refractivity contribution in [2.45, 2.75) is 77.8 Å². The van der Waals surface area contributed by atoms with Crippen molar-refractivity contribution in [1.29, 1.82) is 0 Å². The zero-order valence-electron chi connectivity index (χ0n) is 13.7. The molecule has 1 aliphatic rings. The van der Waals surface area contributed by atoms with E-state index in [1.807, 2.05) is 6.20 Å². The number of aromatic nitrogens is 2. The van der Waals surface area contributed by atoms with Gasteiger partial charge in [-0.25, -0.2) is 0 Å². The average molecular weight is 356 g/mol. The maximum Gasteiger partial charge on any atom is 0.0701 e. The molecule has 4 heteroatoms. The van der Waals surface area contributed by atoms with Crippen LogP contribution in [0.4, 0.5) is 0 Å². The Bertz CT molecular complexity index is 420. The standard InChI is InChI=1S/C17H30BrN3/c1-4-11-19-16(14-9-7-5-6-8-10-14)17-15(18)12-20-21(17)13(2)3/h12-14,16,19H,4-11H2,1-3H3. The van der Waals surface area contributed by atoms with Gasteiger partial charge in [0.1, 0.15) is 0 Å².